The zero-order chi connectivity index (χ0) is 12.3. The van der Waals surface area contributed by atoms with Gasteiger partial charge in [-0.05, 0) is 42.9 Å². The third-order valence-electron chi connectivity index (χ3n) is 2.98. The SMILES string of the molecule is CC(C)C(Cc1c(Cl)cccc1Cl)C(C)O. The highest BCUT2D eigenvalue weighted by molar-refractivity contribution is 6.35. The summed E-state index contributed by atoms with van der Waals surface area (Å²) in [6, 6.07) is 5.51. The lowest BCUT2D eigenvalue weighted by molar-refractivity contribution is 0.0977. The zero-order valence-electron chi connectivity index (χ0n) is 9.87. The fourth-order valence-electron chi connectivity index (χ4n) is 1.93. The highest BCUT2D eigenvalue weighted by atomic mass is 35.5. The molecule has 1 rings (SSSR count). The van der Waals surface area contributed by atoms with Crippen LogP contribution in [-0.2, 0) is 6.42 Å². The molecule has 2 unspecified atom stereocenters. The van der Waals surface area contributed by atoms with E-state index in [0.717, 1.165) is 5.56 Å². The van der Waals surface area contributed by atoms with Crippen molar-refractivity contribution >= 4 is 23.2 Å². The molecular weight excluding hydrogens is 243 g/mol. The van der Waals surface area contributed by atoms with Crippen molar-refractivity contribution in [2.45, 2.75) is 33.3 Å². The van der Waals surface area contributed by atoms with Gasteiger partial charge in [-0.25, -0.2) is 0 Å². The van der Waals surface area contributed by atoms with Crippen LogP contribution in [0.2, 0.25) is 10.0 Å². The summed E-state index contributed by atoms with van der Waals surface area (Å²) in [5.41, 5.74) is 0.936. The number of hydrogen-bond donors (Lipinski definition) is 1. The fourth-order valence-corrected chi connectivity index (χ4v) is 2.48. The Morgan fingerprint density at radius 2 is 1.62 bits per heavy atom. The third kappa shape index (κ3) is 3.38. The molecule has 0 amide bonds. The van der Waals surface area contributed by atoms with Gasteiger partial charge in [0.1, 0.15) is 0 Å². The van der Waals surface area contributed by atoms with E-state index in [0.29, 0.717) is 22.4 Å². The summed E-state index contributed by atoms with van der Waals surface area (Å²) in [5, 5.41) is 11.1. The molecule has 0 spiro atoms. The summed E-state index contributed by atoms with van der Waals surface area (Å²) >= 11 is 12.2. The molecule has 0 aromatic heterocycles. The second-order valence-corrected chi connectivity index (χ2v) is 5.37. The second-order valence-electron chi connectivity index (χ2n) is 4.55. The van der Waals surface area contributed by atoms with Gasteiger partial charge in [-0.3, -0.25) is 0 Å². The molecule has 0 aliphatic carbocycles. The maximum Gasteiger partial charge on any atom is 0.0545 e. The Morgan fingerprint density at radius 1 is 1.12 bits per heavy atom. The van der Waals surface area contributed by atoms with Crippen molar-refractivity contribution in [3.63, 3.8) is 0 Å². The minimum absolute atomic E-state index is 0.178. The van der Waals surface area contributed by atoms with Crippen molar-refractivity contribution in [1.29, 1.82) is 0 Å². The molecule has 0 saturated heterocycles. The quantitative estimate of drug-likeness (QED) is 0.861. The van der Waals surface area contributed by atoms with E-state index in [4.69, 9.17) is 23.2 Å². The average Bonchev–Trinajstić information content (AvgIpc) is 2.15. The molecule has 3 heteroatoms. The molecule has 0 aliphatic heterocycles. The van der Waals surface area contributed by atoms with E-state index in [9.17, 15) is 5.11 Å². The molecular formula is C13H18Cl2O. The number of rotatable bonds is 4. The van der Waals surface area contributed by atoms with Crippen molar-refractivity contribution in [3.05, 3.63) is 33.8 Å². The van der Waals surface area contributed by atoms with Crippen LogP contribution in [0.4, 0.5) is 0 Å². The lowest BCUT2D eigenvalue weighted by Crippen LogP contribution is -2.24. The van der Waals surface area contributed by atoms with Crippen molar-refractivity contribution in [3.8, 4) is 0 Å². The fraction of sp³-hybridized carbons (Fsp3) is 0.538. The first kappa shape index (κ1) is 13.8. The van der Waals surface area contributed by atoms with Gasteiger partial charge in [0, 0.05) is 10.0 Å². The molecule has 0 saturated carbocycles. The van der Waals surface area contributed by atoms with Gasteiger partial charge < -0.3 is 5.11 Å². The number of aliphatic hydroxyl groups excluding tert-OH is 1. The molecule has 2 atom stereocenters. The molecule has 1 aromatic carbocycles. The molecule has 1 aromatic rings. The van der Waals surface area contributed by atoms with Crippen LogP contribution >= 0.6 is 23.2 Å². The van der Waals surface area contributed by atoms with E-state index in [-0.39, 0.29) is 12.0 Å². The van der Waals surface area contributed by atoms with Crippen molar-refractivity contribution < 1.29 is 5.11 Å². The molecule has 16 heavy (non-hydrogen) atoms. The standard InChI is InChI=1S/C13H18Cl2O/c1-8(2)10(9(3)16)7-11-12(14)5-4-6-13(11)15/h4-6,8-10,16H,7H2,1-3H3. The first-order chi connectivity index (χ1) is 7.43. The molecule has 0 bridgehead atoms. The third-order valence-corrected chi connectivity index (χ3v) is 3.69. The normalized spacial score (nSPS) is 15.2. The predicted molar refractivity (Wildman–Crippen MR) is 70.2 cm³/mol. The largest absolute Gasteiger partial charge is 0.393 e. The summed E-state index contributed by atoms with van der Waals surface area (Å²) in [4.78, 5) is 0. The van der Waals surface area contributed by atoms with Crippen LogP contribution < -0.4 is 0 Å². The number of hydrogen-bond acceptors (Lipinski definition) is 1. The summed E-state index contributed by atoms with van der Waals surface area (Å²) in [5.74, 6) is 0.574. The van der Waals surface area contributed by atoms with E-state index in [1.165, 1.54) is 0 Å². The maximum atomic E-state index is 9.74. The molecule has 90 valence electrons. The maximum absolute atomic E-state index is 9.74. The van der Waals surface area contributed by atoms with Crippen molar-refractivity contribution in [1.82, 2.24) is 0 Å². The van der Waals surface area contributed by atoms with Crippen LogP contribution in [0.15, 0.2) is 18.2 Å². The van der Waals surface area contributed by atoms with E-state index in [2.05, 4.69) is 13.8 Å². The minimum atomic E-state index is -0.354. The van der Waals surface area contributed by atoms with Crippen LogP contribution in [0.1, 0.15) is 26.3 Å². The van der Waals surface area contributed by atoms with E-state index in [1.54, 1.807) is 0 Å². The monoisotopic (exact) mass is 260 g/mol. The molecule has 0 radical (unpaired) electrons. The molecule has 0 fully saturated rings. The number of aliphatic hydroxyl groups is 1. The first-order valence-electron chi connectivity index (χ1n) is 5.54. The summed E-state index contributed by atoms with van der Waals surface area (Å²) in [6.45, 7) is 6.01. The van der Waals surface area contributed by atoms with Gasteiger partial charge in [-0.15, -0.1) is 0 Å². The molecule has 0 aliphatic rings. The van der Waals surface area contributed by atoms with Gasteiger partial charge in [-0.1, -0.05) is 43.1 Å². The molecule has 1 nitrogen and oxygen atoms in total. The van der Waals surface area contributed by atoms with Crippen LogP contribution in [0, 0.1) is 11.8 Å². The van der Waals surface area contributed by atoms with Gasteiger partial charge in [0.05, 0.1) is 6.10 Å². The van der Waals surface area contributed by atoms with Crippen LogP contribution in [-0.4, -0.2) is 11.2 Å². The lowest BCUT2D eigenvalue weighted by Gasteiger charge is -2.24. The number of benzene rings is 1. The Morgan fingerprint density at radius 3 is 2.00 bits per heavy atom. The second kappa shape index (κ2) is 5.90. The molecule has 0 heterocycles. The summed E-state index contributed by atoms with van der Waals surface area (Å²) < 4.78 is 0. The van der Waals surface area contributed by atoms with Crippen LogP contribution in [0.25, 0.3) is 0 Å². The Kier molecular flexibility index (Phi) is 5.10. The number of halogens is 2. The van der Waals surface area contributed by atoms with Gasteiger partial charge in [0.15, 0.2) is 0 Å². The van der Waals surface area contributed by atoms with Crippen LogP contribution in [0.5, 0.6) is 0 Å². The summed E-state index contributed by atoms with van der Waals surface area (Å²) in [7, 11) is 0. The van der Waals surface area contributed by atoms with E-state index < -0.39 is 0 Å². The van der Waals surface area contributed by atoms with Gasteiger partial charge in [0.2, 0.25) is 0 Å². The summed E-state index contributed by atoms with van der Waals surface area (Å²) in [6.07, 6.45) is 0.362. The zero-order valence-corrected chi connectivity index (χ0v) is 11.4. The highest BCUT2D eigenvalue weighted by Gasteiger charge is 2.21. The molecule has 1 N–H and O–H groups in total. The van der Waals surface area contributed by atoms with E-state index >= 15 is 0 Å². The van der Waals surface area contributed by atoms with Gasteiger partial charge >= 0.3 is 0 Å². The smallest absolute Gasteiger partial charge is 0.0545 e. The van der Waals surface area contributed by atoms with Crippen LogP contribution in [0.3, 0.4) is 0 Å². The van der Waals surface area contributed by atoms with Gasteiger partial charge in [-0.2, -0.15) is 0 Å². The highest BCUT2D eigenvalue weighted by Crippen LogP contribution is 2.30. The Hall–Kier alpha value is -0.240. The topological polar surface area (TPSA) is 20.2 Å². The Balaban J connectivity index is 2.94. The predicted octanol–water partition coefficient (Wildman–Crippen LogP) is 4.19. The first-order valence-corrected chi connectivity index (χ1v) is 6.30. The van der Waals surface area contributed by atoms with E-state index in [1.807, 2.05) is 25.1 Å². The average molecular weight is 261 g/mol. The Bertz CT molecular complexity index is 320. The van der Waals surface area contributed by atoms with Crippen molar-refractivity contribution in [2.24, 2.45) is 11.8 Å². The minimum Gasteiger partial charge on any atom is -0.393 e. The Labute approximate surface area is 107 Å². The lowest BCUT2D eigenvalue weighted by atomic mass is 9.85. The van der Waals surface area contributed by atoms with Gasteiger partial charge in [0.25, 0.3) is 0 Å². The van der Waals surface area contributed by atoms with Crippen molar-refractivity contribution in [2.75, 3.05) is 0 Å².